The van der Waals surface area contributed by atoms with Gasteiger partial charge in [-0.1, -0.05) is 313 Å². The first-order valence-corrected chi connectivity index (χ1v) is 34.3. The van der Waals surface area contributed by atoms with Crippen molar-refractivity contribution in [3.8, 4) is 0 Å². The van der Waals surface area contributed by atoms with Crippen molar-refractivity contribution in [1.82, 2.24) is 0 Å². The van der Waals surface area contributed by atoms with Crippen LogP contribution in [0, 0.1) is 0 Å². The second-order valence-corrected chi connectivity index (χ2v) is 23.1. The van der Waals surface area contributed by atoms with Crippen molar-refractivity contribution in [3.05, 3.63) is 60.8 Å². The number of carbonyl (C=O) groups is 3. The molecule has 0 rings (SSSR count). The molecule has 0 fully saturated rings. The SMILES string of the molecule is CCCCCCC/C=C\C/C=C\C/C=C\CCCCCCCCCCCCCCCCC(=O)OCC(COC(=O)CCCCCCCCCCCC)OC(=O)CCCCCCCCCCC/C=C\C/C=C\CCCCCCC. The van der Waals surface area contributed by atoms with E-state index in [1.165, 1.54) is 244 Å². The summed E-state index contributed by atoms with van der Waals surface area (Å²) in [6, 6.07) is 0. The third-order valence-corrected chi connectivity index (χ3v) is 15.2. The lowest BCUT2D eigenvalue weighted by molar-refractivity contribution is -0.167. The Bertz CT molecular complexity index is 1390. The third kappa shape index (κ3) is 63.9. The molecule has 1 unspecified atom stereocenters. The average molecular weight is 1090 g/mol. The first-order chi connectivity index (χ1) is 38.5. The molecule has 6 heteroatoms. The van der Waals surface area contributed by atoms with E-state index in [0.29, 0.717) is 19.3 Å². The molecule has 6 nitrogen and oxygen atoms in total. The smallest absolute Gasteiger partial charge is 0.306 e. The zero-order valence-electron chi connectivity index (χ0n) is 52.2. The van der Waals surface area contributed by atoms with Gasteiger partial charge < -0.3 is 14.2 Å². The van der Waals surface area contributed by atoms with Crippen LogP contribution in [0.1, 0.15) is 361 Å². The Labute approximate surface area is 485 Å². The van der Waals surface area contributed by atoms with Gasteiger partial charge in [0.25, 0.3) is 0 Å². The van der Waals surface area contributed by atoms with Crippen molar-refractivity contribution in [2.24, 2.45) is 0 Å². The number of unbranched alkanes of at least 4 members (excludes halogenated alkanes) is 42. The van der Waals surface area contributed by atoms with Gasteiger partial charge in [0, 0.05) is 19.3 Å². The Morgan fingerprint density at radius 1 is 0.256 bits per heavy atom. The van der Waals surface area contributed by atoms with Gasteiger partial charge in [0.2, 0.25) is 0 Å². The first kappa shape index (κ1) is 75.1. The standard InChI is InChI=1S/C72H130O6/c1-4-7-10-13-16-19-22-24-26-28-30-32-33-34-35-36-37-38-39-41-42-44-46-48-50-53-56-59-62-65-71(74)77-68-69(67-76-70(73)64-61-58-55-52-21-18-15-12-9-6-3)78-72(75)66-63-60-57-54-51-49-47-45-43-40-31-29-27-25-23-20-17-14-11-8-5-2/h22-25,28-31,33-34,69H,4-21,26-27,32,35-68H2,1-3H3/b24-22-,25-23-,30-28-,31-29-,34-33-. The second kappa shape index (κ2) is 66.6. The highest BCUT2D eigenvalue weighted by atomic mass is 16.6. The summed E-state index contributed by atoms with van der Waals surface area (Å²) in [6.07, 6.45) is 85.3. The number of hydrogen-bond acceptors (Lipinski definition) is 6. The maximum absolute atomic E-state index is 12.9. The lowest BCUT2D eigenvalue weighted by atomic mass is 10.0. The molecule has 0 N–H and O–H groups in total. The predicted octanol–water partition coefficient (Wildman–Crippen LogP) is 23.5. The van der Waals surface area contributed by atoms with Gasteiger partial charge in [-0.05, 0) is 89.9 Å². The molecule has 0 aliphatic carbocycles. The van der Waals surface area contributed by atoms with Crippen LogP contribution in [0.3, 0.4) is 0 Å². The van der Waals surface area contributed by atoms with E-state index in [1.807, 2.05) is 0 Å². The zero-order valence-corrected chi connectivity index (χ0v) is 52.2. The summed E-state index contributed by atoms with van der Waals surface area (Å²) in [5.74, 6) is -0.859. The molecular weight excluding hydrogens is 961 g/mol. The van der Waals surface area contributed by atoms with Crippen molar-refractivity contribution >= 4 is 17.9 Å². The van der Waals surface area contributed by atoms with Gasteiger partial charge >= 0.3 is 17.9 Å². The summed E-state index contributed by atoms with van der Waals surface area (Å²) in [7, 11) is 0. The summed E-state index contributed by atoms with van der Waals surface area (Å²) >= 11 is 0. The quantitative estimate of drug-likeness (QED) is 0.0261. The number of carbonyl (C=O) groups excluding carboxylic acids is 3. The largest absolute Gasteiger partial charge is 0.462 e. The topological polar surface area (TPSA) is 78.9 Å². The Hall–Kier alpha value is -2.89. The first-order valence-electron chi connectivity index (χ1n) is 34.3. The van der Waals surface area contributed by atoms with Crippen molar-refractivity contribution in [1.29, 1.82) is 0 Å². The molecule has 0 spiro atoms. The Kier molecular flexibility index (Phi) is 64.2. The van der Waals surface area contributed by atoms with Crippen LogP contribution in [0.4, 0.5) is 0 Å². The maximum atomic E-state index is 12.9. The monoisotopic (exact) mass is 1090 g/mol. The molecule has 1 atom stereocenters. The zero-order chi connectivity index (χ0) is 56.4. The van der Waals surface area contributed by atoms with E-state index in [9.17, 15) is 14.4 Å². The molecule has 0 aliphatic rings. The Morgan fingerprint density at radius 2 is 0.462 bits per heavy atom. The van der Waals surface area contributed by atoms with Gasteiger partial charge in [-0.15, -0.1) is 0 Å². The molecule has 0 bridgehead atoms. The van der Waals surface area contributed by atoms with Gasteiger partial charge in [-0.25, -0.2) is 0 Å². The molecule has 0 amide bonds. The van der Waals surface area contributed by atoms with Crippen molar-refractivity contribution in [3.63, 3.8) is 0 Å². The van der Waals surface area contributed by atoms with Gasteiger partial charge in [0.15, 0.2) is 6.10 Å². The van der Waals surface area contributed by atoms with Crippen LogP contribution in [-0.2, 0) is 28.6 Å². The molecule has 0 aromatic heterocycles. The minimum absolute atomic E-state index is 0.0720. The minimum Gasteiger partial charge on any atom is -0.462 e. The summed E-state index contributed by atoms with van der Waals surface area (Å²) in [5, 5.41) is 0. The maximum Gasteiger partial charge on any atom is 0.306 e. The molecule has 0 aliphatic heterocycles. The molecular formula is C72H130O6. The van der Waals surface area contributed by atoms with Crippen LogP contribution < -0.4 is 0 Å². The molecule has 0 saturated heterocycles. The highest BCUT2D eigenvalue weighted by molar-refractivity contribution is 5.71. The highest BCUT2D eigenvalue weighted by Crippen LogP contribution is 2.17. The lowest BCUT2D eigenvalue weighted by Gasteiger charge is -2.18. The van der Waals surface area contributed by atoms with Crippen molar-refractivity contribution in [2.75, 3.05) is 13.2 Å². The van der Waals surface area contributed by atoms with Gasteiger partial charge in [0.05, 0.1) is 0 Å². The minimum atomic E-state index is -0.775. The predicted molar refractivity (Wildman–Crippen MR) is 339 cm³/mol. The van der Waals surface area contributed by atoms with Crippen molar-refractivity contribution < 1.29 is 28.6 Å². The summed E-state index contributed by atoms with van der Waals surface area (Å²) in [5.41, 5.74) is 0. The van der Waals surface area contributed by atoms with E-state index in [1.54, 1.807) is 0 Å². The number of esters is 3. The number of ether oxygens (including phenoxy) is 3. The van der Waals surface area contributed by atoms with Crippen LogP contribution in [-0.4, -0.2) is 37.2 Å². The highest BCUT2D eigenvalue weighted by Gasteiger charge is 2.19. The summed E-state index contributed by atoms with van der Waals surface area (Å²) in [6.45, 7) is 6.65. The van der Waals surface area contributed by atoms with Crippen LogP contribution >= 0.6 is 0 Å². The van der Waals surface area contributed by atoms with Gasteiger partial charge in [-0.2, -0.15) is 0 Å². The fourth-order valence-electron chi connectivity index (χ4n) is 10.1. The van der Waals surface area contributed by atoms with E-state index < -0.39 is 6.10 Å². The van der Waals surface area contributed by atoms with E-state index in [-0.39, 0.29) is 31.1 Å². The molecule has 0 heterocycles. The molecule has 0 aromatic carbocycles. The third-order valence-electron chi connectivity index (χ3n) is 15.2. The fourth-order valence-corrected chi connectivity index (χ4v) is 10.1. The van der Waals surface area contributed by atoms with Gasteiger partial charge in [0.1, 0.15) is 13.2 Å². The summed E-state index contributed by atoms with van der Waals surface area (Å²) < 4.78 is 16.9. The molecule has 0 radical (unpaired) electrons. The van der Waals surface area contributed by atoms with E-state index >= 15 is 0 Å². The lowest BCUT2D eigenvalue weighted by Crippen LogP contribution is -2.30. The normalized spacial score (nSPS) is 12.4. The summed E-state index contributed by atoms with van der Waals surface area (Å²) in [4.78, 5) is 38.3. The molecule has 0 saturated carbocycles. The second-order valence-electron chi connectivity index (χ2n) is 23.1. The molecule has 0 aromatic rings. The average Bonchev–Trinajstić information content (AvgIpc) is 3.44. The van der Waals surface area contributed by atoms with Gasteiger partial charge in [-0.3, -0.25) is 14.4 Å². The number of allylic oxidation sites excluding steroid dienone is 10. The van der Waals surface area contributed by atoms with E-state index in [2.05, 4.69) is 81.5 Å². The van der Waals surface area contributed by atoms with Crippen LogP contribution in [0.25, 0.3) is 0 Å². The Balaban J connectivity index is 4.17. The van der Waals surface area contributed by atoms with Crippen molar-refractivity contribution in [2.45, 2.75) is 367 Å². The molecule has 78 heavy (non-hydrogen) atoms. The van der Waals surface area contributed by atoms with Crippen LogP contribution in [0.15, 0.2) is 60.8 Å². The van der Waals surface area contributed by atoms with E-state index in [0.717, 1.165) is 77.0 Å². The Morgan fingerprint density at radius 3 is 0.718 bits per heavy atom. The molecule has 454 valence electrons. The number of rotatable bonds is 63. The van der Waals surface area contributed by atoms with E-state index in [4.69, 9.17) is 14.2 Å². The van der Waals surface area contributed by atoms with Crippen LogP contribution in [0.5, 0.6) is 0 Å². The number of hydrogen-bond donors (Lipinski definition) is 0. The van der Waals surface area contributed by atoms with Crippen LogP contribution in [0.2, 0.25) is 0 Å². The fraction of sp³-hybridized carbons (Fsp3) is 0.819.